The maximum absolute atomic E-state index is 13.3. The van der Waals surface area contributed by atoms with Gasteiger partial charge >= 0.3 is 6.03 Å². The fourth-order valence-corrected chi connectivity index (χ4v) is 3.90. The molecule has 1 aromatic heterocycles. The summed E-state index contributed by atoms with van der Waals surface area (Å²) < 4.78 is 5.43. The first-order chi connectivity index (χ1) is 17.0. The number of carbonyl (C=O) groups is 2. The van der Waals surface area contributed by atoms with E-state index in [1.807, 2.05) is 6.92 Å². The number of urea groups is 1. The van der Waals surface area contributed by atoms with E-state index in [2.05, 4.69) is 25.5 Å². The minimum Gasteiger partial charge on any atom is -0.379 e. The van der Waals surface area contributed by atoms with Crippen LogP contribution in [0.1, 0.15) is 15.9 Å². The van der Waals surface area contributed by atoms with Crippen molar-refractivity contribution in [1.29, 1.82) is 0 Å². The van der Waals surface area contributed by atoms with Gasteiger partial charge in [-0.1, -0.05) is 11.6 Å². The fraction of sp³-hybridized carbons (Fsp3) is 0.280. The van der Waals surface area contributed by atoms with Crippen LogP contribution in [0.15, 0.2) is 61.1 Å². The number of hydrogen-bond acceptors (Lipinski definition) is 6. The molecule has 2 aromatic carbocycles. The van der Waals surface area contributed by atoms with Crippen LogP contribution in [-0.2, 0) is 4.74 Å². The second-order valence-electron chi connectivity index (χ2n) is 8.09. The quantitative estimate of drug-likeness (QED) is 0.514. The normalized spacial score (nSPS) is 13.8. The van der Waals surface area contributed by atoms with E-state index >= 15 is 0 Å². The zero-order valence-electron chi connectivity index (χ0n) is 19.4. The van der Waals surface area contributed by atoms with E-state index in [1.54, 1.807) is 47.4 Å². The lowest BCUT2D eigenvalue weighted by atomic mass is 10.1. The molecule has 1 saturated heterocycles. The smallest absolute Gasteiger partial charge is 0.326 e. The van der Waals surface area contributed by atoms with Crippen molar-refractivity contribution in [3.8, 4) is 0 Å². The minimum atomic E-state index is -0.300. The second-order valence-corrected chi connectivity index (χ2v) is 8.53. The van der Waals surface area contributed by atoms with Crippen molar-refractivity contribution in [2.75, 3.05) is 54.9 Å². The molecule has 2 heterocycles. The number of hydrogen-bond donors (Lipinski definition) is 2. The van der Waals surface area contributed by atoms with E-state index in [4.69, 9.17) is 16.3 Å². The van der Waals surface area contributed by atoms with E-state index in [1.165, 1.54) is 18.6 Å². The van der Waals surface area contributed by atoms with Gasteiger partial charge in [-0.2, -0.15) is 0 Å². The van der Waals surface area contributed by atoms with Crippen LogP contribution in [0.3, 0.4) is 0 Å². The highest BCUT2D eigenvalue weighted by atomic mass is 35.5. The highest BCUT2D eigenvalue weighted by Crippen LogP contribution is 2.24. The number of nitrogens with one attached hydrogen (secondary N) is 2. The van der Waals surface area contributed by atoms with Gasteiger partial charge in [-0.05, 0) is 55.0 Å². The van der Waals surface area contributed by atoms with E-state index in [0.717, 1.165) is 24.3 Å². The maximum atomic E-state index is 13.3. The van der Waals surface area contributed by atoms with Crippen LogP contribution in [0, 0.1) is 6.92 Å². The molecule has 0 bridgehead atoms. The summed E-state index contributed by atoms with van der Waals surface area (Å²) in [5.41, 5.74) is 2.63. The van der Waals surface area contributed by atoms with Gasteiger partial charge in [-0.15, -0.1) is 0 Å². The number of morpholine rings is 1. The Labute approximate surface area is 209 Å². The average molecular weight is 495 g/mol. The molecule has 3 amide bonds. The standard InChI is InChI=1S/C25H27ClN6O3/c1-18-16-19(24(33)30-23-17-27-8-9-28-23)2-7-22(18)32(11-10-31-12-14-35-15-13-31)25(34)29-21-5-3-20(26)4-6-21/h2-9,16-17H,10-15H2,1H3,(H,29,34)(H,28,30,33). The third-order valence-corrected chi connectivity index (χ3v) is 5.89. The first kappa shape index (κ1) is 24.6. The molecule has 0 atom stereocenters. The van der Waals surface area contributed by atoms with Gasteiger partial charge < -0.3 is 15.4 Å². The van der Waals surface area contributed by atoms with Crippen LogP contribution in [0.25, 0.3) is 0 Å². The van der Waals surface area contributed by atoms with E-state index in [-0.39, 0.29) is 11.9 Å². The molecular weight excluding hydrogens is 468 g/mol. The SMILES string of the molecule is Cc1cc(C(=O)Nc2cnccn2)ccc1N(CCN1CCOCC1)C(=O)Nc1ccc(Cl)cc1. The van der Waals surface area contributed by atoms with Crippen LogP contribution in [0.5, 0.6) is 0 Å². The second kappa shape index (κ2) is 11.7. The topological polar surface area (TPSA) is 99.7 Å². The van der Waals surface area contributed by atoms with Crippen LogP contribution in [0.2, 0.25) is 5.02 Å². The summed E-state index contributed by atoms with van der Waals surface area (Å²) in [5, 5.41) is 6.27. The van der Waals surface area contributed by atoms with Crippen LogP contribution in [-0.4, -0.2) is 66.2 Å². The number of nitrogens with zero attached hydrogens (tertiary/aromatic N) is 4. The summed E-state index contributed by atoms with van der Waals surface area (Å²) >= 11 is 5.98. The predicted octanol–water partition coefficient (Wildman–Crippen LogP) is 4.06. The van der Waals surface area contributed by atoms with Gasteiger partial charge in [0, 0.05) is 60.5 Å². The number of aryl methyl sites for hydroxylation is 1. The Morgan fingerprint density at radius 1 is 1.09 bits per heavy atom. The molecule has 182 valence electrons. The lowest BCUT2D eigenvalue weighted by Crippen LogP contribution is -2.44. The zero-order valence-corrected chi connectivity index (χ0v) is 20.2. The summed E-state index contributed by atoms with van der Waals surface area (Å²) in [4.78, 5) is 38.0. The first-order valence-electron chi connectivity index (χ1n) is 11.3. The summed E-state index contributed by atoms with van der Waals surface area (Å²) in [6, 6.07) is 12.0. The number of anilines is 3. The van der Waals surface area contributed by atoms with Crippen LogP contribution in [0.4, 0.5) is 22.0 Å². The molecule has 2 N–H and O–H groups in total. The van der Waals surface area contributed by atoms with Crippen molar-refractivity contribution in [2.45, 2.75) is 6.92 Å². The molecule has 9 nitrogen and oxygen atoms in total. The Bertz CT molecular complexity index is 1150. The number of halogens is 1. The Balaban J connectivity index is 1.53. The summed E-state index contributed by atoms with van der Waals surface area (Å²) in [7, 11) is 0. The molecule has 35 heavy (non-hydrogen) atoms. The number of benzene rings is 2. The Hall–Kier alpha value is -3.53. The highest BCUT2D eigenvalue weighted by molar-refractivity contribution is 6.30. The van der Waals surface area contributed by atoms with Crippen molar-refractivity contribution in [3.63, 3.8) is 0 Å². The lowest BCUT2D eigenvalue weighted by molar-refractivity contribution is 0.0393. The molecule has 0 aliphatic carbocycles. The van der Waals surface area contributed by atoms with Crippen molar-refractivity contribution in [1.82, 2.24) is 14.9 Å². The van der Waals surface area contributed by atoms with Gasteiger partial charge in [-0.25, -0.2) is 9.78 Å². The van der Waals surface area contributed by atoms with Crippen molar-refractivity contribution in [2.24, 2.45) is 0 Å². The van der Waals surface area contributed by atoms with Gasteiger partial charge in [0.25, 0.3) is 5.91 Å². The van der Waals surface area contributed by atoms with Gasteiger partial charge in [0.15, 0.2) is 5.82 Å². The van der Waals surface area contributed by atoms with E-state index in [0.29, 0.717) is 48.4 Å². The molecule has 4 rings (SSSR count). The zero-order chi connectivity index (χ0) is 24.6. The predicted molar refractivity (Wildman–Crippen MR) is 136 cm³/mol. The number of aromatic nitrogens is 2. The number of rotatable bonds is 7. The van der Waals surface area contributed by atoms with Crippen molar-refractivity contribution in [3.05, 3.63) is 77.2 Å². The summed E-state index contributed by atoms with van der Waals surface area (Å²) in [6.07, 6.45) is 4.53. The summed E-state index contributed by atoms with van der Waals surface area (Å²) in [5.74, 6) is 0.0688. The number of carbonyl (C=O) groups excluding carboxylic acids is 2. The molecular formula is C25H27ClN6O3. The lowest BCUT2D eigenvalue weighted by Gasteiger charge is -2.31. The molecule has 1 fully saturated rings. The molecule has 0 radical (unpaired) electrons. The van der Waals surface area contributed by atoms with Crippen molar-refractivity contribution >= 4 is 40.7 Å². The Morgan fingerprint density at radius 3 is 2.54 bits per heavy atom. The van der Waals surface area contributed by atoms with Gasteiger partial charge in [-0.3, -0.25) is 19.6 Å². The highest BCUT2D eigenvalue weighted by Gasteiger charge is 2.21. The van der Waals surface area contributed by atoms with E-state index < -0.39 is 0 Å². The molecule has 0 spiro atoms. The largest absolute Gasteiger partial charge is 0.379 e. The molecule has 1 aliphatic heterocycles. The third kappa shape index (κ3) is 6.75. The van der Waals surface area contributed by atoms with E-state index in [9.17, 15) is 9.59 Å². The Kier molecular flexibility index (Phi) is 8.25. The first-order valence-corrected chi connectivity index (χ1v) is 11.7. The fourth-order valence-electron chi connectivity index (χ4n) is 3.77. The van der Waals surface area contributed by atoms with Crippen LogP contribution < -0.4 is 15.5 Å². The molecule has 1 aliphatic rings. The molecule has 0 saturated carbocycles. The minimum absolute atomic E-state index is 0.263. The third-order valence-electron chi connectivity index (χ3n) is 5.64. The van der Waals surface area contributed by atoms with Crippen LogP contribution >= 0.6 is 11.6 Å². The Morgan fingerprint density at radius 2 is 1.86 bits per heavy atom. The van der Waals surface area contributed by atoms with Gasteiger partial charge in [0.1, 0.15) is 0 Å². The molecule has 10 heteroatoms. The molecule has 0 unspecified atom stereocenters. The summed E-state index contributed by atoms with van der Waals surface area (Å²) in [6.45, 7) is 6.08. The van der Waals surface area contributed by atoms with Gasteiger partial charge in [0.05, 0.1) is 19.4 Å². The number of ether oxygens (including phenoxy) is 1. The van der Waals surface area contributed by atoms with Gasteiger partial charge in [0.2, 0.25) is 0 Å². The maximum Gasteiger partial charge on any atom is 0.326 e. The molecule has 3 aromatic rings. The monoisotopic (exact) mass is 494 g/mol. The van der Waals surface area contributed by atoms with Crippen molar-refractivity contribution < 1.29 is 14.3 Å². The average Bonchev–Trinajstić information content (AvgIpc) is 2.87. The number of amides is 3.